The molecule has 0 aliphatic carbocycles. The summed E-state index contributed by atoms with van der Waals surface area (Å²) in [5, 5.41) is 6.20. The summed E-state index contributed by atoms with van der Waals surface area (Å²) in [5.41, 5.74) is 0.589. The van der Waals surface area contributed by atoms with Gasteiger partial charge in [-0.1, -0.05) is 18.2 Å². The lowest BCUT2D eigenvalue weighted by Crippen LogP contribution is -2.39. The van der Waals surface area contributed by atoms with Crippen molar-refractivity contribution in [1.82, 2.24) is 10.6 Å². The fourth-order valence-corrected chi connectivity index (χ4v) is 1.84. The van der Waals surface area contributed by atoms with Crippen LogP contribution in [0, 0.1) is 0 Å². The molecule has 0 aliphatic rings. The van der Waals surface area contributed by atoms with Crippen LogP contribution in [0.25, 0.3) is 0 Å². The van der Waals surface area contributed by atoms with Crippen molar-refractivity contribution in [1.29, 1.82) is 0 Å². The van der Waals surface area contributed by atoms with Gasteiger partial charge in [-0.15, -0.1) is 0 Å². The molecule has 1 aromatic rings. The first kappa shape index (κ1) is 20.1. The summed E-state index contributed by atoms with van der Waals surface area (Å²) in [4.78, 5) is 4.37. The van der Waals surface area contributed by atoms with E-state index in [0.29, 0.717) is 44.4 Å². The van der Waals surface area contributed by atoms with Crippen LogP contribution in [0.2, 0.25) is 0 Å². The predicted molar refractivity (Wildman–Crippen MR) is 88.6 cm³/mol. The van der Waals surface area contributed by atoms with Gasteiger partial charge in [0.05, 0.1) is 26.4 Å². The molecule has 2 N–H and O–H groups in total. The highest BCUT2D eigenvalue weighted by atomic mass is 19.3. The lowest BCUT2D eigenvalue weighted by atomic mass is 10.2. The molecule has 0 amide bonds. The van der Waals surface area contributed by atoms with Crippen molar-refractivity contribution >= 4 is 5.96 Å². The maximum Gasteiger partial charge on any atom is 0.387 e. The SMILES string of the molecule is CCNC(=NCc1ccccc1OC(F)F)NCCOCCOC. The first-order valence-corrected chi connectivity index (χ1v) is 7.79. The standard InChI is InChI=1S/C16H25F2N3O3/c1-3-19-16(20-8-9-23-11-10-22-2)21-12-13-6-4-5-7-14(13)24-15(17)18/h4-7,15H,3,8-12H2,1-2H3,(H2,19,20,21). The Balaban J connectivity index is 2.53. The first-order valence-electron chi connectivity index (χ1n) is 7.79. The van der Waals surface area contributed by atoms with Crippen LogP contribution >= 0.6 is 0 Å². The smallest absolute Gasteiger partial charge is 0.387 e. The van der Waals surface area contributed by atoms with Gasteiger partial charge in [-0.25, -0.2) is 4.99 Å². The average Bonchev–Trinajstić information content (AvgIpc) is 2.56. The van der Waals surface area contributed by atoms with Crippen LogP contribution in [0.4, 0.5) is 8.78 Å². The van der Waals surface area contributed by atoms with Crippen molar-refractivity contribution in [2.75, 3.05) is 40.0 Å². The molecule has 0 aliphatic heterocycles. The summed E-state index contributed by atoms with van der Waals surface area (Å²) in [6, 6.07) is 6.61. The zero-order valence-electron chi connectivity index (χ0n) is 14.1. The van der Waals surface area contributed by atoms with E-state index in [2.05, 4.69) is 20.4 Å². The number of ether oxygens (including phenoxy) is 3. The van der Waals surface area contributed by atoms with Crippen LogP contribution in [0.5, 0.6) is 5.75 Å². The van der Waals surface area contributed by atoms with Crippen LogP contribution in [-0.2, 0) is 16.0 Å². The highest BCUT2D eigenvalue weighted by Gasteiger charge is 2.08. The second kappa shape index (κ2) is 12.5. The molecule has 0 unspecified atom stereocenters. The Morgan fingerprint density at radius 3 is 2.67 bits per heavy atom. The summed E-state index contributed by atoms with van der Waals surface area (Å²) < 4.78 is 39.6. The maximum atomic E-state index is 12.4. The third-order valence-corrected chi connectivity index (χ3v) is 2.91. The fourth-order valence-electron chi connectivity index (χ4n) is 1.84. The van der Waals surface area contributed by atoms with E-state index in [1.807, 2.05) is 6.92 Å². The monoisotopic (exact) mass is 345 g/mol. The van der Waals surface area contributed by atoms with Crippen molar-refractivity contribution in [3.8, 4) is 5.75 Å². The minimum Gasteiger partial charge on any atom is -0.434 e. The number of hydrogen-bond donors (Lipinski definition) is 2. The topological polar surface area (TPSA) is 64.1 Å². The molecule has 0 aromatic heterocycles. The summed E-state index contributed by atoms with van der Waals surface area (Å²) in [6.07, 6.45) is 0. The van der Waals surface area contributed by atoms with Crippen LogP contribution in [0.15, 0.2) is 29.3 Å². The molecule has 6 nitrogen and oxygen atoms in total. The van der Waals surface area contributed by atoms with Crippen molar-refractivity contribution < 1.29 is 23.0 Å². The summed E-state index contributed by atoms with van der Waals surface area (Å²) in [7, 11) is 1.62. The van der Waals surface area contributed by atoms with E-state index in [9.17, 15) is 8.78 Å². The van der Waals surface area contributed by atoms with Gasteiger partial charge in [-0.2, -0.15) is 8.78 Å². The number of guanidine groups is 1. The Labute approximate surface area is 141 Å². The van der Waals surface area contributed by atoms with E-state index in [1.54, 1.807) is 25.3 Å². The molecule has 0 saturated carbocycles. The van der Waals surface area contributed by atoms with Gasteiger partial charge >= 0.3 is 6.61 Å². The zero-order valence-corrected chi connectivity index (χ0v) is 14.1. The molecule has 8 heteroatoms. The molecule has 0 radical (unpaired) electrons. The Bertz CT molecular complexity index is 487. The number of alkyl halides is 2. The summed E-state index contributed by atoms with van der Waals surface area (Å²) in [6.45, 7) is 2.17. The number of benzene rings is 1. The Hall–Kier alpha value is -1.93. The van der Waals surface area contributed by atoms with E-state index in [-0.39, 0.29) is 12.3 Å². The van der Waals surface area contributed by atoms with Crippen LogP contribution in [0.1, 0.15) is 12.5 Å². The predicted octanol–water partition coefficient (Wildman–Crippen LogP) is 2.01. The van der Waals surface area contributed by atoms with Crippen LogP contribution in [-0.4, -0.2) is 52.6 Å². The largest absolute Gasteiger partial charge is 0.434 e. The van der Waals surface area contributed by atoms with E-state index in [1.165, 1.54) is 6.07 Å². The van der Waals surface area contributed by atoms with Gasteiger partial charge in [-0.3, -0.25) is 0 Å². The minimum absolute atomic E-state index is 0.134. The minimum atomic E-state index is -2.86. The third kappa shape index (κ3) is 8.64. The normalized spacial score (nSPS) is 11.6. The average molecular weight is 345 g/mol. The highest BCUT2D eigenvalue weighted by molar-refractivity contribution is 5.79. The van der Waals surface area contributed by atoms with Gasteiger partial charge in [0.2, 0.25) is 0 Å². The van der Waals surface area contributed by atoms with Crippen molar-refractivity contribution in [2.45, 2.75) is 20.1 Å². The van der Waals surface area contributed by atoms with Crippen molar-refractivity contribution in [3.05, 3.63) is 29.8 Å². The second-order valence-electron chi connectivity index (χ2n) is 4.71. The molecule has 1 aromatic carbocycles. The first-order chi connectivity index (χ1) is 11.7. The second-order valence-corrected chi connectivity index (χ2v) is 4.71. The summed E-state index contributed by atoms with van der Waals surface area (Å²) >= 11 is 0. The van der Waals surface area contributed by atoms with Gasteiger partial charge in [0, 0.05) is 25.8 Å². The van der Waals surface area contributed by atoms with Gasteiger partial charge in [0.15, 0.2) is 5.96 Å². The molecule has 0 spiro atoms. The molecular weight excluding hydrogens is 320 g/mol. The number of hydrogen-bond acceptors (Lipinski definition) is 4. The number of rotatable bonds is 11. The van der Waals surface area contributed by atoms with Crippen molar-refractivity contribution in [3.63, 3.8) is 0 Å². The number of halogens is 2. The number of nitrogens with one attached hydrogen (secondary N) is 2. The lowest BCUT2D eigenvalue weighted by Gasteiger charge is -2.13. The molecule has 0 fully saturated rings. The fraction of sp³-hybridized carbons (Fsp3) is 0.562. The quantitative estimate of drug-likeness (QED) is 0.365. The molecule has 24 heavy (non-hydrogen) atoms. The number of methoxy groups -OCH3 is 1. The third-order valence-electron chi connectivity index (χ3n) is 2.91. The van der Waals surface area contributed by atoms with E-state index >= 15 is 0 Å². The highest BCUT2D eigenvalue weighted by Crippen LogP contribution is 2.20. The van der Waals surface area contributed by atoms with Gasteiger partial charge in [0.25, 0.3) is 0 Å². The number of aliphatic imine (C=N–C) groups is 1. The van der Waals surface area contributed by atoms with Crippen LogP contribution < -0.4 is 15.4 Å². The molecule has 136 valence electrons. The molecule has 0 heterocycles. The molecule has 1 rings (SSSR count). The molecule has 0 saturated heterocycles. The number of para-hydroxylation sites is 1. The van der Waals surface area contributed by atoms with E-state index < -0.39 is 6.61 Å². The van der Waals surface area contributed by atoms with Crippen LogP contribution in [0.3, 0.4) is 0 Å². The Kier molecular flexibility index (Phi) is 10.5. The maximum absolute atomic E-state index is 12.4. The van der Waals surface area contributed by atoms with E-state index in [4.69, 9.17) is 9.47 Å². The summed E-state index contributed by atoms with van der Waals surface area (Å²) in [5.74, 6) is 0.717. The zero-order chi connectivity index (χ0) is 17.6. The molecular formula is C16H25F2N3O3. The van der Waals surface area contributed by atoms with Crippen molar-refractivity contribution in [2.24, 2.45) is 4.99 Å². The van der Waals surface area contributed by atoms with Gasteiger partial charge in [-0.05, 0) is 13.0 Å². The molecule has 0 atom stereocenters. The molecule has 0 bridgehead atoms. The number of nitrogens with zero attached hydrogens (tertiary/aromatic N) is 1. The van der Waals surface area contributed by atoms with Gasteiger partial charge in [0.1, 0.15) is 5.75 Å². The Morgan fingerprint density at radius 2 is 1.96 bits per heavy atom. The van der Waals surface area contributed by atoms with E-state index in [0.717, 1.165) is 0 Å². The lowest BCUT2D eigenvalue weighted by molar-refractivity contribution is -0.0504. The Morgan fingerprint density at radius 1 is 1.17 bits per heavy atom. The van der Waals surface area contributed by atoms with Gasteiger partial charge < -0.3 is 24.8 Å².